The third kappa shape index (κ3) is 5.25. The Kier molecular flexibility index (Phi) is 6.53. The predicted molar refractivity (Wildman–Crippen MR) is 97.6 cm³/mol. The SMILES string of the molecule is CNS(=O)(=O)c1ccc(Cl)c(C(=O)O[C@@H](C)C(=O)Nc2ccc(F)cc2)c1. The highest BCUT2D eigenvalue weighted by molar-refractivity contribution is 7.89. The Morgan fingerprint density at radius 2 is 1.78 bits per heavy atom. The fourth-order valence-corrected chi connectivity index (χ4v) is 2.95. The van der Waals surface area contributed by atoms with E-state index in [4.69, 9.17) is 16.3 Å². The average molecular weight is 415 g/mol. The first-order chi connectivity index (χ1) is 12.6. The standard InChI is InChI=1S/C17H16ClFN2O5S/c1-10(16(22)21-12-5-3-11(19)4-6-12)26-17(23)14-9-13(7-8-15(14)18)27(24,25)20-2/h3-10,20H,1-2H3,(H,21,22)/t10-/m0/s1. The van der Waals surface area contributed by atoms with Crippen LogP contribution in [-0.4, -0.2) is 33.4 Å². The van der Waals surface area contributed by atoms with Crippen LogP contribution < -0.4 is 10.0 Å². The van der Waals surface area contributed by atoms with Gasteiger partial charge in [-0.3, -0.25) is 4.79 Å². The number of halogens is 2. The van der Waals surface area contributed by atoms with Crippen molar-refractivity contribution in [3.63, 3.8) is 0 Å². The maximum absolute atomic E-state index is 12.9. The maximum atomic E-state index is 12.9. The van der Waals surface area contributed by atoms with Crippen molar-refractivity contribution in [2.45, 2.75) is 17.9 Å². The smallest absolute Gasteiger partial charge is 0.340 e. The minimum absolute atomic E-state index is 0.0267. The van der Waals surface area contributed by atoms with Gasteiger partial charge in [-0.2, -0.15) is 0 Å². The number of ether oxygens (including phenoxy) is 1. The quantitative estimate of drug-likeness (QED) is 0.707. The van der Waals surface area contributed by atoms with Crippen molar-refractivity contribution in [1.82, 2.24) is 4.72 Å². The zero-order chi connectivity index (χ0) is 20.2. The van der Waals surface area contributed by atoms with E-state index in [9.17, 15) is 22.4 Å². The Labute approximate surface area is 160 Å². The molecular formula is C17H16ClFN2O5S. The Bertz CT molecular complexity index is 964. The first-order valence-corrected chi connectivity index (χ1v) is 9.50. The summed E-state index contributed by atoms with van der Waals surface area (Å²) in [6.45, 7) is 1.33. The summed E-state index contributed by atoms with van der Waals surface area (Å²) in [5.74, 6) is -2.07. The van der Waals surface area contributed by atoms with Crippen LogP contribution in [0.4, 0.5) is 10.1 Å². The lowest BCUT2D eigenvalue weighted by Gasteiger charge is -2.14. The molecule has 0 heterocycles. The van der Waals surface area contributed by atoms with Crippen molar-refractivity contribution in [3.05, 3.63) is 58.9 Å². The lowest BCUT2D eigenvalue weighted by molar-refractivity contribution is -0.123. The normalized spacial score (nSPS) is 12.3. The van der Waals surface area contributed by atoms with Crippen LogP contribution in [0.15, 0.2) is 47.4 Å². The third-order valence-electron chi connectivity index (χ3n) is 3.50. The number of hydrogen-bond acceptors (Lipinski definition) is 5. The lowest BCUT2D eigenvalue weighted by Crippen LogP contribution is -2.30. The molecular weight excluding hydrogens is 399 g/mol. The number of sulfonamides is 1. The van der Waals surface area contributed by atoms with Crippen LogP contribution in [0.3, 0.4) is 0 Å². The van der Waals surface area contributed by atoms with Crippen molar-refractivity contribution in [2.75, 3.05) is 12.4 Å². The van der Waals surface area contributed by atoms with Gasteiger partial charge in [-0.1, -0.05) is 11.6 Å². The molecule has 0 bridgehead atoms. The van der Waals surface area contributed by atoms with E-state index in [1.165, 1.54) is 50.4 Å². The van der Waals surface area contributed by atoms with Gasteiger partial charge in [0.05, 0.1) is 15.5 Å². The first-order valence-electron chi connectivity index (χ1n) is 7.64. The van der Waals surface area contributed by atoms with Crippen molar-refractivity contribution in [1.29, 1.82) is 0 Å². The summed E-state index contributed by atoms with van der Waals surface area (Å²) in [5, 5.41) is 2.44. The third-order valence-corrected chi connectivity index (χ3v) is 5.24. The maximum Gasteiger partial charge on any atom is 0.340 e. The number of anilines is 1. The average Bonchev–Trinajstić information content (AvgIpc) is 2.63. The Hall–Kier alpha value is -2.49. The molecule has 0 saturated heterocycles. The van der Waals surface area contributed by atoms with Crippen LogP contribution in [0, 0.1) is 5.82 Å². The van der Waals surface area contributed by atoms with Gasteiger partial charge in [0.1, 0.15) is 5.82 Å². The van der Waals surface area contributed by atoms with Gasteiger partial charge in [-0.15, -0.1) is 0 Å². The Balaban J connectivity index is 2.12. The van der Waals surface area contributed by atoms with E-state index in [0.717, 1.165) is 6.07 Å². The molecule has 0 aliphatic carbocycles. The second kappa shape index (κ2) is 8.47. The van der Waals surface area contributed by atoms with E-state index >= 15 is 0 Å². The monoisotopic (exact) mass is 414 g/mol. The molecule has 0 saturated carbocycles. The summed E-state index contributed by atoms with van der Waals surface area (Å²) in [6.07, 6.45) is -1.21. The molecule has 2 N–H and O–H groups in total. The molecule has 10 heteroatoms. The highest BCUT2D eigenvalue weighted by atomic mass is 35.5. The molecule has 7 nitrogen and oxygen atoms in total. The second-order valence-electron chi connectivity index (χ2n) is 5.39. The number of benzene rings is 2. The number of carbonyl (C=O) groups excluding carboxylic acids is 2. The van der Waals surface area contributed by atoms with E-state index in [0.29, 0.717) is 5.69 Å². The van der Waals surface area contributed by atoms with Crippen LogP contribution in [0.5, 0.6) is 0 Å². The van der Waals surface area contributed by atoms with Gasteiger partial charge in [-0.25, -0.2) is 22.3 Å². The van der Waals surface area contributed by atoms with Crippen LogP contribution in [0.1, 0.15) is 17.3 Å². The van der Waals surface area contributed by atoms with Gasteiger partial charge in [0, 0.05) is 5.69 Å². The van der Waals surface area contributed by atoms with Gasteiger partial charge >= 0.3 is 5.97 Å². The van der Waals surface area contributed by atoms with E-state index in [1.54, 1.807) is 0 Å². The highest BCUT2D eigenvalue weighted by Crippen LogP contribution is 2.22. The summed E-state index contributed by atoms with van der Waals surface area (Å²) in [6, 6.07) is 8.57. The highest BCUT2D eigenvalue weighted by Gasteiger charge is 2.23. The van der Waals surface area contributed by atoms with Crippen molar-refractivity contribution < 1.29 is 27.1 Å². The fourth-order valence-electron chi connectivity index (χ4n) is 2.00. The largest absolute Gasteiger partial charge is 0.449 e. The number of carbonyl (C=O) groups is 2. The van der Waals surface area contributed by atoms with Crippen molar-refractivity contribution in [2.24, 2.45) is 0 Å². The minimum Gasteiger partial charge on any atom is -0.449 e. The number of esters is 1. The molecule has 2 aromatic carbocycles. The summed E-state index contributed by atoms with van der Waals surface area (Å²) in [4.78, 5) is 24.2. The van der Waals surface area contributed by atoms with E-state index in [2.05, 4.69) is 10.0 Å². The molecule has 2 rings (SSSR count). The Morgan fingerprint density at radius 1 is 1.15 bits per heavy atom. The molecule has 1 amide bonds. The zero-order valence-corrected chi connectivity index (χ0v) is 15.9. The van der Waals surface area contributed by atoms with Gasteiger partial charge in [0.15, 0.2) is 6.10 Å². The zero-order valence-electron chi connectivity index (χ0n) is 14.3. The Morgan fingerprint density at radius 3 is 2.37 bits per heavy atom. The second-order valence-corrected chi connectivity index (χ2v) is 7.69. The minimum atomic E-state index is -3.79. The predicted octanol–water partition coefficient (Wildman–Crippen LogP) is 2.57. The summed E-state index contributed by atoms with van der Waals surface area (Å²) >= 11 is 5.94. The molecule has 0 aliphatic rings. The molecule has 0 aromatic heterocycles. The van der Waals surface area contributed by atoms with Crippen LogP contribution in [-0.2, 0) is 19.6 Å². The molecule has 0 radical (unpaired) electrons. The first kappa shape index (κ1) is 20.8. The summed E-state index contributed by atoms with van der Waals surface area (Å²) < 4.78 is 43.7. The van der Waals surface area contributed by atoms with E-state index in [-0.39, 0.29) is 15.5 Å². The molecule has 1 atom stereocenters. The number of amides is 1. The van der Waals surface area contributed by atoms with Gasteiger partial charge < -0.3 is 10.1 Å². The molecule has 2 aromatic rings. The van der Waals surface area contributed by atoms with Crippen LogP contribution >= 0.6 is 11.6 Å². The number of rotatable bonds is 6. The molecule has 0 fully saturated rings. The van der Waals surface area contributed by atoms with E-state index in [1.807, 2.05) is 0 Å². The molecule has 27 heavy (non-hydrogen) atoms. The lowest BCUT2D eigenvalue weighted by atomic mass is 10.2. The molecule has 144 valence electrons. The van der Waals surface area contributed by atoms with Gasteiger partial charge in [0.25, 0.3) is 5.91 Å². The van der Waals surface area contributed by atoms with Gasteiger partial charge in [-0.05, 0) is 56.4 Å². The summed E-state index contributed by atoms with van der Waals surface area (Å²) in [5.41, 5.74) is 0.124. The molecule has 0 spiro atoms. The topological polar surface area (TPSA) is 102 Å². The van der Waals surface area contributed by atoms with Crippen LogP contribution in [0.2, 0.25) is 5.02 Å². The van der Waals surface area contributed by atoms with E-state index < -0.39 is 33.8 Å². The van der Waals surface area contributed by atoms with Crippen molar-refractivity contribution in [3.8, 4) is 0 Å². The van der Waals surface area contributed by atoms with Gasteiger partial charge in [0.2, 0.25) is 10.0 Å². The van der Waals surface area contributed by atoms with Crippen LogP contribution in [0.25, 0.3) is 0 Å². The van der Waals surface area contributed by atoms with Crippen molar-refractivity contribution >= 4 is 39.2 Å². The summed E-state index contributed by atoms with van der Waals surface area (Å²) in [7, 11) is -2.56. The number of hydrogen-bond donors (Lipinski definition) is 2. The molecule has 0 unspecified atom stereocenters. The molecule has 0 aliphatic heterocycles. The fraction of sp³-hybridized carbons (Fsp3) is 0.176. The number of nitrogens with one attached hydrogen (secondary N) is 2.